The summed E-state index contributed by atoms with van der Waals surface area (Å²) in [6, 6.07) is 6.82. The minimum absolute atomic E-state index is 0.231. The summed E-state index contributed by atoms with van der Waals surface area (Å²) in [5.74, 6) is -0.660. The zero-order chi connectivity index (χ0) is 29.4. The quantitative estimate of drug-likeness (QED) is 0.300. The Hall–Kier alpha value is -4.14. The van der Waals surface area contributed by atoms with Crippen molar-refractivity contribution in [2.45, 2.75) is 71.4 Å². The first kappa shape index (κ1) is 30.4. The Labute approximate surface area is 236 Å². The second-order valence-electron chi connectivity index (χ2n) is 10.8. The Morgan fingerprint density at radius 1 is 1.05 bits per heavy atom. The molecular weight excluding hydrogens is 508 g/mol. The number of carbonyl (C=O) groups excluding carboxylic acids is 3. The second-order valence-corrected chi connectivity index (χ2v) is 10.8. The van der Waals surface area contributed by atoms with Crippen LogP contribution in [-0.2, 0) is 27.1 Å². The molecule has 0 radical (unpaired) electrons. The minimum atomic E-state index is -0.646. The van der Waals surface area contributed by atoms with Crippen molar-refractivity contribution >= 4 is 29.5 Å². The molecule has 0 spiro atoms. The average molecular weight is 549 g/mol. The van der Waals surface area contributed by atoms with Gasteiger partial charge >= 0.3 is 12.2 Å². The molecule has 3 amide bonds. The topological polar surface area (TPSA) is 119 Å². The number of nitrogens with one attached hydrogen (secondary N) is 3. The summed E-state index contributed by atoms with van der Waals surface area (Å²) in [4.78, 5) is 42.5. The van der Waals surface area contributed by atoms with E-state index in [1.165, 1.54) is 7.11 Å². The van der Waals surface area contributed by atoms with Gasteiger partial charge in [-0.2, -0.15) is 0 Å². The van der Waals surface area contributed by atoms with Crippen LogP contribution in [0.5, 0.6) is 0 Å². The summed E-state index contributed by atoms with van der Waals surface area (Å²) < 4.78 is 10.2. The third-order valence-corrected chi connectivity index (χ3v) is 6.54. The number of hydrogen-bond acceptors (Lipinski definition) is 6. The summed E-state index contributed by atoms with van der Waals surface area (Å²) in [5.41, 5.74) is 4.77. The van der Waals surface area contributed by atoms with Gasteiger partial charge in [-0.05, 0) is 82.2 Å². The van der Waals surface area contributed by atoms with Crippen molar-refractivity contribution in [2.75, 3.05) is 17.7 Å². The molecule has 0 aliphatic heterocycles. The van der Waals surface area contributed by atoms with Crippen LogP contribution < -0.4 is 16.0 Å². The molecule has 0 saturated heterocycles. The SMILES string of the molecule is C=CC[C@H](NC(=O)OC(C)(C)C)c1cc(-c2ccc(NC(=O)OC)cc2NC(=O)[C@H](C)C=C)c2c(n1)CCCC2. The number of ether oxygens (including phenoxy) is 2. The van der Waals surface area contributed by atoms with Crippen LogP contribution in [-0.4, -0.2) is 35.8 Å². The molecule has 1 aromatic carbocycles. The number of rotatable bonds is 9. The first-order valence-electron chi connectivity index (χ1n) is 13.5. The van der Waals surface area contributed by atoms with Gasteiger partial charge in [0.1, 0.15) is 5.60 Å². The van der Waals surface area contributed by atoms with Crippen LogP contribution in [0.1, 0.15) is 70.0 Å². The number of carbonyl (C=O) groups is 3. The van der Waals surface area contributed by atoms with Crippen LogP contribution in [0.2, 0.25) is 0 Å². The van der Waals surface area contributed by atoms with Gasteiger partial charge in [0.15, 0.2) is 0 Å². The number of pyridine rings is 1. The lowest BCUT2D eigenvalue weighted by Gasteiger charge is -2.26. The average Bonchev–Trinajstić information content (AvgIpc) is 2.90. The zero-order valence-corrected chi connectivity index (χ0v) is 24.1. The van der Waals surface area contributed by atoms with E-state index in [1.807, 2.05) is 32.9 Å². The molecule has 9 heteroatoms. The summed E-state index contributed by atoms with van der Waals surface area (Å²) >= 11 is 0. The number of alkyl carbamates (subject to hydrolysis) is 1. The zero-order valence-electron chi connectivity index (χ0n) is 24.1. The first-order valence-corrected chi connectivity index (χ1v) is 13.5. The van der Waals surface area contributed by atoms with Crippen LogP contribution in [0.3, 0.4) is 0 Å². The maximum Gasteiger partial charge on any atom is 0.411 e. The lowest BCUT2D eigenvalue weighted by atomic mass is 9.87. The third kappa shape index (κ3) is 7.94. The fraction of sp³-hybridized carbons (Fsp3) is 0.419. The van der Waals surface area contributed by atoms with Crippen LogP contribution in [0.15, 0.2) is 49.6 Å². The standard InChI is InChI=1S/C31H40N4O5/c1-8-12-25(35-30(38)40-31(4,5)6)27-18-23(21-13-10-11-14-24(21)33-27)22-16-15-20(32-29(37)39-7)17-26(22)34-28(36)19(3)9-2/h8-9,15-19,25H,1-2,10-14H2,3-7H3,(H,32,37)(H,34,36)(H,35,38)/t19-,25+/m1/s1. The summed E-state index contributed by atoms with van der Waals surface area (Å²) in [7, 11) is 1.29. The second kappa shape index (κ2) is 13.3. The first-order chi connectivity index (χ1) is 18.9. The van der Waals surface area contributed by atoms with Crippen molar-refractivity contribution in [3.63, 3.8) is 0 Å². The Bertz CT molecular complexity index is 1280. The summed E-state index contributed by atoms with van der Waals surface area (Å²) in [6.45, 7) is 14.8. The van der Waals surface area contributed by atoms with Gasteiger partial charge in [-0.1, -0.05) is 25.1 Å². The van der Waals surface area contributed by atoms with Crippen molar-refractivity contribution in [3.8, 4) is 11.1 Å². The van der Waals surface area contributed by atoms with Crippen molar-refractivity contribution in [1.29, 1.82) is 0 Å². The lowest BCUT2D eigenvalue weighted by Crippen LogP contribution is -2.35. The number of benzene rings is 1. The van der Waals surface area contributed by atoms with Crippen LogP contribution in [0.4, 0.5) is 21.0 Å². The minimum Gasteiger partial charge on any atom is -0.453 e. The number of hydrogen-bond donors (Lipinski definition) is 3. The van der Waals surface area contributed by atoms with E-state index in [0.717, 1.165) is 48.1 Å². The molecular formula is C31H40N4O5. The van der Waals surface area contributed by atoms with Crippen molar-refractivity contribution in [1.82, 2.24) is 10.3 Å². The van der Waals surface area contributed by atoms with Crippen LogP contribution in [0, 0.1) is 5.92 Å². The number of methoxy groups -OCH3 is 1. The molecule has 3 N–H and O–H groups in total. The van der Waals surface area contributed by atoms with Crippen molar-refractivity contribution < 1.29 is 23.9 Å². The van der Waals surface area contributed by atoms with Gasteiger partial charge in [0.2, 0.25) is 5.91 Å². The number of amides is 3. The van der Waals surface area contributed by atoms with Gasteiger partial charge in [-0.3, -0.25) is 15.1 Å². The monoisotopic (exact) mass is 548 g/mol. The highest BCUT2D eigenvalue weighted by atomic mass is 16.6. The van der Waals surface area contributed by atoms with Crippen molar-refractivity contribution in [2.24, 2.45) is 5.92 Å². The predicted octanol–water partition coefficient (Wildman–Crippen LogP) is 6.71. The highest BCUT2D eigenvalue weighted by Crippen LogP contribution is 2.38. The Morgan fingerprint density at radius 3 is 2.42 bits per heavy atom. The molecule has 0 bridgehead atoms. The number of aryl methyl sites for hydroxylation is 1. The van der Waals surface area contributed by atoms with Crippen LogP contribution in [0.25, 0.3) is 11.1 Å². The van der Waals surface area contributed by atoms with Gasteiger partial charge < -0.3 is 20.1 Å². The van der Waals surface area contributed by atoms with Gasteiger partial charge in [-0.15, -0.1) is 13.2 Å². The van der Waals surface area contributed by atoms with E-state index in [2.05, 4.69) is 29.1 Å². The van der Waals surface area contributed by atoms with Crippen molar-refractivity contribution in [3.05, 3.63) is 66.5 Å². The molecule has 1 heterocycles. The maximum absolute atomic E-state index is 12.9. The van der Waals surface area contributed by atoms with Crippen LogP contribution >= 0.6 is 0 Å². The highest BCUT2D eigenvalue weighted by molar-refractivity contribution is 5.99. The molecule has 3 rings (SSSR count). The maximum atomic E-state index is 12.9. The smallest absolute Gasteiger partial charge is 0.411 e. The van der Waals surface area contributed by atoms with Gasteiger partial charge in [-0.25, -0.2) is 9.59 Å². The molecule has 1 aliphatic carbocycles. The third-order valence-electron chi connectivity index (χ3n) is 6.54. The molecule has 9 nitrogen and oxygen atoms in total. The number of aromatic nitrogens is 1. The predicted molar refractivity (Wildman–Crippen MR) is 157 cm³/mol. The van der Waals surface area contributed by atoms with E-state index in [-0.39, 0.29) is 5.91 Å². The van der Waals surface area contributed by atoms with Gasteiger partial charge in [0.05, 0.1) is 30.5 Å². The number of anilines is 2. The Kier molecular flexibility index (Phi) is 10.1. The normalized spacial score (nSPS) is 14.1. The Balaban J connectivity index is 2.15. The van der Waals surface area contributed by atoms with E-state index in [9.17, 15) is 14.4 Å². The molecule has 2 aromatic rings. The lowest BCUT2D eigenvalue weighted by molar-refractivity contribution is -0.118. The van der Waals surface area contributed by atoms with E-state index >= 15 is 0 Å². The van der Waals surface area contributed by atoms with E-state index < -0.39 is 29.7 Å². The van der Waals surface area contributed by atoms with E-state index in [4.69, 9.17) is 14.5 Å². The fourth-order valence-corrected chi connectivity index (χ4v) is 4.50. The summed E-state index contributed by atoms with van der Waals surface area (Å²) in [5, 5.41) is 8.61. The van der Waals surface area contributed by atoms with Gasteiger partial charge in [0, 0.05) is 16.9 Å². The molecule has 1 aromatic heterocycles. The summed E-state index contributed by atoms with van der Waals surface area (Å²) in [6.07, 6.45) is 6.27. The van der Waals surface area contributed by atoms with E-state index in [0.29, 0.717) is 23.5 Å². The molecule has 1 aliphatic rings. The molecule has 0 fully saturated rings. The number of nitrogens with zero attached hydrogens (tertiary/aromatic N) is 1. The molecule has 0 unspecified atom stereocenters. The molecule has 0 saturated carbocycles. The number of fused-ring (bicyclic) bond motifs is 1. The van der Waals surface area contributed by atoms with Gasteiger partial charge in [0.25, 0.3) is 0 Å². The fourth-order valence-electron chi connectivity index (χ4n) is 4.50. The molecule has 2 atom stereocenters. The molecule has 40 heavy (non-hydrogen) atoms. The molecule has 214 valence electrons. The Morgan fingerprint density at radius 2 is 1.77 bits per heavy atom. The largest absolute Gasteiger partial charge is 0.453 e. The van der Waals surface area contributed by atoms with E-state index in [1.54, 1.807) is 31.2 Å². The highest BCUT2D eigenvalue weighted by Gasteiger charge is 2.25.